The molecule has 1 unspecified atom stereocenters. The Morgan fingerprint density at radius 1 is 1.36 bits per heavy atom. The maximum Gasteiger partial charge on any atom is 0.0519 e. The first-order valence-corrected chi connectivity index (χ1v) is 4.64. The molecule has 2 rings (SSSR count). The van der Waals surface area contributed by atoms with E-state index in [4.69, 9.17) is 4.74 Å². The van der Waals surface area contributed by atoms with Gasteiger partial charge < -0.3 is 10.1 Å². The van der Waals surface area contributed by atoms with Gasteiger partial charge in [-0.25, -0.2) is 0 Å². The lowest BCUT2D eigenvalue weighted by molar-refractivity contribution is -0.0645. The summed E-state index contributed by atoms with van der Waals surface area (Å²) in [6.07, 6.45) is 2.92. The number of rotatable bonds is 4. The van der Waals surface area contributed by atoms with Crippen LogP contribution in [0.3, 0.4) is 0 Å². The molecule has 0 bridgehead atoms. The lowest BCUT2D eigenvalue weighted by Gasteiger charge is -2.33. The Bertz CT molecular complexity index is 130. The highest BCUT2D eigenvalue weighted by molar-refractivity contribution is 4.88. The lowest BCUT2D eigenvalue weighted by Crippen LogP contribution is -2.39. The summed E-state index contributed by atoms with van der Waals surface area (Å²) in [5.74, 6) is 2.81. The molecule has 0 spiro atoms. The third-order valence-electron chi connectivity index (χ3n) is 2.94. The molecule has 1 aliphatic carbocycles. The van der Waals surface area contributed by atoms with E-state index in [0.717, 1.165) is 31.0 Å². The van der Waals surface area contributed by atoms with Gasteiger partial charge in [-0.05, 0) is 38.3 Å². The van der Waals surface area contributed by atoms with Crippen LogP contribution in [0, 0.1) is 17.8 Å². The van der Waals surface area contributed by atoms with Crippen LogP contribution in [0.5, 0.6) is 0 Å². The Hall–Kier alpha value is -0.0800. The van der Waals surface area contributed by atoms with Crippen molar-refractivity contribution in [2.24, 2.45) is 17.8 Å². The molecule has 0 radical (unpaired) electrons. The van der Waals surface area contributed by atoms with E-state index in [1.165, 1.54) is 19.4 Å². The standard InChI is InChI=1S/C9H17NO/c1-10-4-9(7-2-3-7)8-5-11-6-8/h7-10H,2-6H2,1H3. The predicted molar refractivity (Wildman–Crippen MR) is 44.4 cm³/mol. The van der Waals surface area contributed by atoms with Gasteiger partial charge in [-0.2, -0.15) is 0 Å². The highest BCUT2D eigenvalue weighted by Crippen LogP contribution is 2.42. The van der Waals surface area contributed by atoms with Gasteiger partial charge in [-0.15, -0.1) is 0 Å². The Balaban J connectivity index is 1.81. The van der Waals surface area contributed by atoms with Crippen molar-refractivity contribution in [3.8, 4) is 0 Å². The summed E-state index contributed by atoms with van der Waals surface area (Å²) in [5, 5.41) is 3.28. The Morgan fingerprint density at radius 2 is 2.09 bits per heavy atom. The summed E-state index contributed by atoms with van der Waals surface area (Å²) in [6, 6.07) is 0. The van der Waals surface area contributed by atoms with Crippen LogP contribution < -0.4 is 5.32 Å². The first-order chi connectivity index (χ1) is 5.42. The molecule has 11 heavy (non-hydrogen) atoms. The smallest absolute Gasteiger partial charge is 0.0519 e. The minimum atomic E-state index is 0.870. The van der Waals surface area contributed by atoms with Gasteiger partial charge in [0.15, 0.2) is 0 Å². The summed E-state index contributed by atoms with van der Waals surface area (Å²) >= 11 is 0. The largest absolute Gasteiger partial charge is 0.381 e. The van der Waals surface area contributed by atoms with Crippen molar-refractivity contribution in [1.82, 2.24) is 5.32 Å². The second-order valence-electron chi connectivity index (χ2n) is 3.86. The summed E-state index contributed by atoms with van der Waals surface area (Å²) in [4.78, 5) is 0. The van der Waals surface area contributed by atoms with Crippen molar-refractivity contribution >= 4 is 0 Å². The van der Waals surface area contributed by atoms with E-state index in [2.05, 4.69) is 12.4 Å². The van der Waals surface area contributed by atoms with Gasteiger partial charge in [0.1, 0.15) is 0 Å². The Morgan fingerprint density at radius 3 is 2.45 bits per heavy atom. The van der Waals surface area contributed by atoms with E-state index in [9.17, 15) is 0 Å². The SMILES string of the molecule is CNCC(C1CC1)C1COC1. The van der Waals surface area contributed by atoms with Gasteiger partial charge in [0, 0.05) is 5.92 Å². The number of ether oxygens (including phenoxy) is 1. The molecule has 2 nitrogen and oxygen atoms in total. The molecule has 1 atom stereocenters. The van der Waals surface area contributed by atoms with Crippen LogP contribution in [0.25, 0.3) is 0 Å². The van der Waals surface area contributed by atoms with Crippen LogP contribution in [-0.4, -0.2) is 26.8 Å². The normalized spacial score (nSPS) is 28.1. The number of hydrogen-bond donors (Lipinski definition) is 1. The van der Waals surface area contributed by atoms with Crippen LogP contribution >= 0.6 is 0 Å². The van der Waals surface area contributed by atoms with Crippen LogP contribution in [0.2, 0.25) is 0 Å². The highest BCUT2D eigenvalue weighted by atomic mass is 16.5. The average molecular weight is 155 g/mol. The lowest BCUT2D eigenvalue weighted by atomic mass is 9.86. The second kappa shape index (κ2) is 3.11. The summed E-state index contributed by atoms with van der Waals surface area (Å²) < 4.78 is 5.21. The van der Waals surface area contributed by atoms with Gasteiger partial charge in [0.25, 0.3) is 0 Å². The monoisotopic (exact) mass is 155 g/mol. The highest BCUT2D eigenvalue weighted by Gasteiger charge is 2.38. The maximum absolute atomic E-state index is 5.21. The molecule has 1 N–H and O–H groups in total. The second-order valence-corrected chi connectivity index (χ2v) is 3.86. The molecule has 2 aliphatic rings. The molecule has 0 amide bonds. The zero-order valence-corrected chi connectivity index (χ0v) is 7.18. The molecular weight excluding hydrogens is 138 g/mol. The molecule has 0 aromatic heterocycles. The van der Waals surface area contributed by atoms with E-state index >= 15 is 0 Å². The summed E-state index contributed by atoms with van der Waals surface area (Å²) in [6.45, 7) is 3.23. The van der Waals surface area contributed by atoms with Crippen LogP contribution in [0.15, 0.2) is 0 Å². The Labute approximate surface area is 68.3 Å². The van der Waals surface area contributed by atoms with Crippen molar-refractivity contribution in [2.75, 3.05) is 26.8 Å². The molecular formula is C9H17NO. The van der Waals surface area contributed by atoms with Crippen molar-refractivity contribution in [3.63, 3.8) is 0 Å². The molecule has 0 aromatic carbocycles. The zero-order chi connectivity index (χ0) is 7.68. The third-order valence-corrected chi connectivity index (χ3v) is 2.94. The average Bonchev–Trinajstić information content (AvgIpc) is 2.63. The molecule has 2 heteroatoms. The van der Waals surface area contributed by atoms with Crippen LogP contribution in [0.1, 0.15) is 12.8 Å². The van der Waals surface area contributed by atoms with Gasteiger partial charge in [0.05, 0.1) is 13.2 Å². The summed E-state index contributed by atoms with van der Waals surface area (Å²) in [7, 11) is 2.05. The van der Waals surface area contributed by atoms with E-state index < -0.39 is 0 Å². The number of hydrogen-bond acceptors (Lipinski definition) is 2. The fourth-order valence-corrected chi connectivity index (χ4v) is 1.98. The predicted octanol–water partition coefficient (Wildman–Crippen LogP) is 0.878. The van der Waals surface area contributed by atoms with Gasteiger partial charge >= 0.3 is 0 Å². The molecule has 1 aliphatic heterocycles. The molecule has 1 heterocycles. The van der Waals surface area contributed by atoms with Crippen molar-refractivity contribution in [1.29, 1.82) is 0 Å². The summed E-state index contributed by atoms with van der Waals surface area (Å²) in [5.41, 5.74) is 0. The zero-order valence-electron chi connectivity index (χ0n) is 7.18. The minimum Gasteiger partial charge on any atom is -0.381 e. The first kappa shape index (κ1) is 7.56. The molecule has 1 saturated heterocycles. The molecule has 64 valence electrons. The van der Waals surface area contributed by atoms with Crippen molar-refractivity contribution < 1.29 is 4.74 Å². The van der Waals surface area contributed by atoms with E-state index in [1.54, 1.807) is 0 Å². The van der Waals surface area contributed by atoms with E-state index in [0.29, 0.717) is 0 Å². The molecule has 1 saturated carbocycles. The van der Waals surface area contributed by atoms with Gasteiger partial charge in [0.2, 0.25) is 0 Å². The van der Waals surface area contributed by atoms with Crippen molar-refractivity contribution in [2.45, 2.75) is 12.8 Å². The van der Waals surface area contributed by atoms with Crippen LogP contribution in [0.4, 0.5) is 0 Å². The van der Waals surface area contributed by atoms with Crippen LogP contribution in [-0.2, 0) is 4.74 Å². The quantitative estimate of drug-likeness (QED) is 0.650. The van der Waals surface area contributed by atoms with Gasteiger partial charge in [-0.3, -0.25) is 0 Å². The van der Waals surface area contributed by atoms with E-state index in [1.807, 2.05) is 0 Å². The topological polar surface area (TPSA) is 21.3 Å². The number of nitrogens with one attached hydrogen (secondary N) is 1. The fourth-order valence-electron chi connectivity index (χ4n) is 1.98. The van der Waals surface area contributed by atoms with Crippen molar-refractivity contribution in [3.05, 3.63) is 0 Å². The fraction of sp³-hybridized carbons (Fsp3) is 1.00. The maximum atomic E-state index is 5.21. The van der Waals surface area contributed by atoms with E-state index in [-0.39, 0.29) is 0 Å². The minimum absolute atomic E-state index is 0.870. The molecule has 2 fully saturated rings. The first-order valence-electron chi connectivity index (χ1n) is 4.64. The molecule has 0 aromatic rings. The Kier molecular flexibility index (Phi) is 2.14. The third kappa shape index (κ3) is 1.57. The van der Waals surface area contributed by atoms with Gasteiger partial charge in [-0.1, -0.05) is 0 Å².